The molecule has 2 heterocycles. The van der Waals surface area contributed by atoms with Crippen LogP contribution in [0.15, 0.2) is 0 Å². The summed E-state index contributed by atoms with van der Waals surface area (Å²) in [6, 6.07) is 0.114. The van der Waals surface area contributed by atoms with Gasteiger partial charge in [-0.05, 0) is 11.8 Å². The smallest absolute Gasteiger partial charge is 0.239 e. The minimum Gasteiger partial charge on any atom is -0.379 e. The van der Waals surface area contributed by atoms with Gasteiger partial charge in [0.15, 0.2) is 0 Å². The topological polar surface area (TPSA) is 58.8 Å². The quantitative estimate of drug-likeness (QED) is 0.838. The van der Waals surface area contributed by atoms with E-state index in [1.807, 2.05) is 4.90 Å². The molecule has 4 atom stereocenters. The summed E-state index contributed by atoms with van der Waals surface area (Å²) in [6.07, 6.45) is 0.948. The van der Waals surface area contributed by atoms with Crippen molar-refractivity contribution in [2.45, 2.75) is 39.3 Å². The van der Waals surface area contributed by atoms with Crippen LogP contribution in [0.1, 0.15) is 27.2 Å². The number of nitrogens with two attached hydrogens (primary N) is 1. The first-order valence-electron chi connectivity index (χ1n) is 7.90. The molecule has 2 aliphatic heterocycles. The lowest BCUT2D eigenvalue weighted by Crippen LogP contribution is -2.49. The second kappa shape index (κ2) is 8.32. The Bertz CT molecular complexity index is 337. The van der Waals surface area contributed by atoms with Crippen LogP contribution >= 0.6 is 12.4 Å². The number of morpholine rings is 1. The molecular weight excluding hydrogens is 290 g/mol. The Labute approximate surface area is 134 Å². The molecule has 2 N–H and O–H groups in total. The van der Waals surface area contributed by atoms with Gasteiger partial charge in [0.25, 0.3) is 0 Å². The molecule has 21 heavy (non-hydrogen) atoms. The van der Waals surface area contributed by atoms with Gasteiger partial charge in [-0.15, -0.1) is 12.4 Å². The van der Waals surface area contributed by atoms with Gasteiger partial charge >= 0.3 is 0 Å². The van der Waals surface area contributed by atoms with Crippen LogP contribution in [-0.2, 0) is 9.53 Å². The molecule has 0 saturated carbocycles. The average Bonchev–Trinajstić information content (AvgIpc) is 2.87. The molecule has 0 aliphatic carbocycles. The SMILES string of the molecule is CCC(C)C(N)C(=O)N1CC(C)C(N2CCOCC2)C1.Cl. The number of likely N-dealkylation sites (tertiary alicyclic amines) is 1. The van der Waals surface area contributed by atoms with Crippen molar-refractivity contribution in [3.05, 3.63) is 0 Å². The second-order valence-electron chi connectivity index (χ2n) is 6.35. The molecule has 2 aliphatic rings. The zero-order valence-electron chi connectivity index (χ0n) is 13.5. The van der Waals surface area contributed by atoms with Crippen molar-refractivity contribution >= 4 is 18.3 Å². The molecule has 0 bridgehead atoms. The lowest BCUT2D eigenvalue weighted by atomic mass is 9.99. The molecule has 5 nitrogen and oxygen atoms in total. The second-order valence-corrected chi connectivity index (χ2v) is 6.35. The summed E-state index contributed by atoms with van der Waals surface area (Å²) < 4.78 is 5.41. The Balaban J connectivity index is 0.00000220. The summed E-state index contributed by atoms with van der Waals surface area (Å²) >= 11 is 0. The molecule has 2 saturated heterocycles. The summed E-state index contributed by atoms with van der Waals surface area (Å²) in [5.74, 6) is 0.892. The van der Waals surface area contributed by atoms with Crippen molar-refractivity contribution in [2.75, 3.05) is 39.4 Å². The molecule has 124 valence electrons. The van der Waals surface area contributed by atoms with Crippen LogP contribution in [0, 0.1) is 11.8 Å². The van der Waals surface area contributed by atoms with Gasteiger partial charge in [0.1, 0.15) is 0 Å². The highest BCUT2D eigenvalue weighted by atomic mass is 35.5. The average molecular weight is 320 g/mol. The van der Waals surface area contributed by atoms with Gasteiger partial charge in [-0.2, -0.15) is 0 Å². The fourth-order valence-electron chi connectivity index (χ4n) is 3.22. The molecule has 6 heteroatoms. The van der Waals surface area contributed by atoms with Gasteiger partial charge in [-0.1, -0.05) is 27.2 Å². The molecule has 4 unspecified atom stereocenters. The van der Waals surface area contributed by atoms with Gasteiger partial charge in [-0.3, -0.25) is 9.69 Å². The van der Waals surface area contributed by atoms with E-state index in [2.05, 4.69) is 25.7 Å². The summed E-state index contributed by atoms with van der Waals surface area (Å²) in [4.78, 5) is 16.9. The fraction of sp³-hybridized carbons (Fsp3) is 0.933. The molecule has 0 aromatic heterocycles. The van der Waals surface area contributed by atoms with Crippen LogP contribution in [0.3, 0.4) is 0 Å². The van der Waals surface area contributed by atoms with Crippen LogP contribution in [-0.4, -0.2) is 67.2 Å². The van der Waals surface area contributed by atoms with E-state index in [0.717, 1.165) is 45.8 Å². The molecule has 0 aromatic rings. The number of amides is 1. The molecule has 0 aromatic carbocycles. The van der Waals surface area contributed by atoms with Crippen LogP contribution < -0.4 is 5.73 Å². The Morgan fingerprint density at radius 3 is 2.52 bits per heavy atom. The van der Waals surface area contributed by atoms with Crippen molar-refractivity contribution < 1.29 is 9.53 Å². The molecule has 0 radical (unpaired) electrons. The van der Waals surface area contributed by atoms with Crippen molar-refractivity contribution in [3.63, 3.8) is 0 Å². The van der Waals surface area contributed by atoms with Gasteiger partial charge < -0.3 is 15.4 Å². The summed E-state index contributed by atoms with van der Waals surface area (Å²) in [5, 5.41) is 0. The number of carbonyl (C=O) groups excluding carboxylic acids is 1. The Kier molecular flexibility index (Phi) is 7.40. The van der Waals surface area contributed by atoms with E-state index in [4.69, 9.17) is 10.5 Å². The van der Waals surface area contributed by atoms with E-state index in [9.17, 15) is 4.79 Å². The Hall–Kier alpha value is -0.360. The molecule has 2 fully saturated rings. The lowest BCUT2D eigenvalue weighted by molar-refractivity contribution is -0.133. The standard InChI is InChI=1S/C15H29N3O2.ClH/c1-4-11(2)14(16)15(19)18-9-12(3)13(10-18)17-5-7-20-8-6-17;/h11-14H,4-10,16H2,1-3H3;1H. The lowest BCUT2D eigenvalue weighted by Gasteiger charge is -2.34. The van der Waals surface area contributed by atoms with Crippen molar-refractivity contribution in [2.24, 2.45) is 17.6 Å². The molecule has 0 spiro atoms. The third-order valence-electron chi connectivity index (χ3n) is 4.94. The van der Waals surface area contributed by atoms with Crippen molar-refractivity contribution in [3.8, 4) is 0 Å². The maximum absolute atomic E-state index is 12.5. The van der Waals surface area contributed by atoms with Crippen molar-refractivity contribution in [1.29, 1.82) is 0 Å². The monoisotopic (exact) mass is 319 g/mol. The number of hydrogen-bond acceptors (Lipinski definition) is 4. The number of ether oxygens (including phenoxy) is 1. The van der Waals surface area contributed by atoms with E-state index >= 15 is 0 Å². The van der Waals surface area contributed by atoms with Gasteiger partial charge in [-0.25, -0.2) is 0 Å². The minimum atomic E-state index is -0.351. The number of nitrogens with zero attached hydrogens (tertiary/aromatic N) is 2. The fourth-order valence-corrected chi connectivity index (χ4v) is 3.22. The summed E-state index contributed by atoms with van der Waals surface area (Å²) in [7, 11) is 0. The van der Waals surface area contributed by atoms with E-state index in [0.29, 0.717) is 12.0 Å². The van der Waals surface area contributed by atoms with Crippen LogP contribution in [0.5, 0.6) is 0 Å². The van der Waals surface area contributed by atoms with E-state index in [-0.39, 0.29) is 30.3 Å². The highest BCUT2D eigenvalue weighted by Gasteiger charge is 2.38. The first-order chi connectivity index (χ1) is 9.54. The van der Waals surface area contributed by atoms with E-state index in [1.165, 1.54) is 0 Å². The first kappa shape index (κ1) is 18.7. The van der Waals surface area contributed by atoms with E-state index in [1.54, 1.807) is 0 Å². The number of carbonyl (C=O) groups is 1. The predicted molar refractivity (Wildman–Crippen MR) is 86.6 cm³/mol. The van der Waals surface area contributed by atoms with Gasteiger partial charge in [0.2, 0.25) is 5.91 Å². The maximum Gasteiger partial charge on any atom is 0.239 e. The summed E-state index contributed by atoms with van der Waals surface area (Å²) in [5.41, 5.74) is 6.10. The highest BCUT2D eigenvalue weighted by Crippen LogP contribution is 2.24. The highest BCUT2D eigenvalue weighted by molar-refractivity contribution is 5.85. The predicted octanol–water partition coefficient (Wildman–Crippen LogP) is 0.961. The number of rotatable bonds is 4. The molecule has 2 rings (SSSR count). The zero-order valence-corrected chi connectivity index (χ0v) is 14.3. The zero-order chi connectivity index (χ0) is 14.7. The number of hydrogen-bond donors (Lipinski definition) is 1. The van der Waals surface area contributed by atoms with Gasteiger partial charge in [0.05, 0.1) is 19.3 Å². The largest absolute Gasteiger partial charge is 0.379 e. The third kappa shape index (κ3) is 4.31. The Morgan fingerprint density at radius 1 is 1.33 bits per heavy atom. The van der Waals surface area contributed by atoms with Crippen LogP contribution in [0.25, 0.3) is 0 Å². The third-order valence-corrected chi connectivity index (χ3v) is 4.94. The first-order valence-corrected chi connectivity index (χ1v) is 7.90. The van der Waals surface area contributed by atoms with Gasteiger partial charge in [0, 0.05) is 32.2 Å². The summed E-state index contributed by atoms with van der Waals surface area (Å²) in [6.45, 7) is 11.6. The number of halogens is 1. The van der Waals surface area contributed by atoms with E-state index < -0.39 is 0 Å². The minimum absolute atomic E-state index is 0. The normalized spacial score (nSPS) is 29.8. The molecular formula is C15H30ClN3O2. The van der Waals surface area contributed by atoms with Crippen LogP contribution in [0.2, 0.25) is 0 Å². The Morgan fingerprint density at radius 2 is 1.95 bits per heavy atom. The van der Waals surface area contributed by atoms with Crippen molar-refractivity contribution in [1.82, 2.24) is 9.80 Å². The maximum atomic E-state index is 12.5. The van der Waals surface area contributed by atoms with Crippen LogP contribution in [0.4, 0.5) is 0 Å². The molecule has 1 amide bonds.